The van der Waals surface area contributed by atoms with Crippen LogP contribution in [0.3, 0.4) is 0 Å². The number of carbonyl (C=O) groups is 2. The maximum atomic E-state index is 9.10. The van der Waals surface area contributed by atoms with Gasteiger partial charge in [-0.1, -0.05) is 30.3 Å². The minimum Gasteiger partial charge on any atom is -0.473 e. The van der Waals surface area contributed by atoms with E-state index in [1.807, 2.05) is 13.1 Å². The zero-order valence-electron chi connectivity index (χ0n) is 9.88. The average Bonchev–Trinajstić information content (AvgIpc) is 2.31. The fourth-order valence-electron chi connectivity index (χ4n) is 1.07. The van der Waals surface area contributed by atoms with Gasteiger partial charge in [0.2, 0.25) is 0 Å². The van der Waals surface area contributed by atoms with Gasteiger partial charge in [-0.2, -0.15) is 0 Å². The first kappa shape index (κ1) is 15.1. The second kappa shape index (κ2) is 8.29. The van der Waals surface area contributed by atoms with Crippen molar-refractivity contribution >= 4 is 11.9 Å². The van der Waals surface area contributed by atoms with Crippen LogP contribution >= 0.6 is 0 Å². The van der Waals surface area contributed by atoms with Crippen LogP contribution in [0.25, 0.3) is 0 Å². The highest BCUT2D eigenvalue weighted by atomic mass is 16.4. The van der Waals surface area contributed by atoms with Crippen LogP contribution in [0, 0.1) is 0 Å². The van der Waals surface area contributed by atoms with Gasteiger partial charge in [0, 0.05) is 6.04 Å². The summed E-state index contributed by atoms with van der Waals surface area (Å²) >= 11 is 0. The van der Waals surface area contributed by atoms with Crippen molar-refractivity contribution in [3.63, 3.8) is 0 Å². The molecule has 1 rings (SSSR count). The molecule has 5 heteroatoms. The average molecular weight is 239 g/mol. The second-order valence-corrected chi connectivity index (χ2v) is 3.49. The Hall–Kier alpha value is -1.88. The van der Waals surface area contributed by atoms with E-state index >= 15 is 0 Å². The summed E-state index contributed by atoms with van der Waals surface area (Å²) < 4.78 is 0. The van der Waals surface area contributed by atoms with Crippen LogP contribution in [0.15, 0.2) is 30.3 Å². The molecule has 0 bridgehead atoms. The Morgan fingerprint density at radius 1 is 1.18 bits per heavy atom. The first-order chi connectivity index (χ1) is 7.97. The van der Waals surface area contributed by atoms with Gasteiger partial charge in [0.05, 0.1) is 0 Å². The molecule has 0 fully saturated rings. The molecule has 1 aromatic rings. The van der Waals surface area contributed by atoms with Gasteiger partial charge in [-0.05, 0) is 26.0 Å². The van der Waals surface area contributed by atoms with Gasteiger partial charge in [0.15, 0.2) is 0 Å². The Balaban J connectivity index is 0.000000366. The molecular weight excluding hydrogens is 222 g/mol. The largest absolute Gasteiger partial charge is 0.473 e. The van der Waals surface area contributed by atoms with Crippen molar-refractivity contribution in [2.45, 2.75) is 19.4 Å². The van der Waals surface area contributed by atoms with E-state index in [2.05, 4.69) is 36.5 Å². The van der Waals surface area contributed by atoms with Gasteiger partial charge in [0.25, 0.3) is 0 Å². The molecule has 1 unspecified atom stereocenters. The van der Waals surface area contributed by atoms with Gasteiger partial charge < -0.3 is 15.5 Å². The fourth-order valence-corrected chi connectivity index (χ4v) is 1.07. The highest BCUT2D eigenvalue weighted by Gasteiger charge is 2.04. The molecule has 0 aliphatic rings. The number of benzene rings is 1. The van der Waals surface area contributed by atoms with Crippen LogP contribution in [0.1, 0.15) is 12.5 Å². The van der Waals surface area contributed by atoms with E-state index in [9.17, 15) is 0 Å². The van der Waals surface area contributed by atoms with Gasteiger partial charge in [-0.3, -0.25) is 0 Å². The Bertz CT molecular complexity index is 339. The molecule has 94 valence electrons. The standard InChI is InChI=1S/C10H15N.C2H2O4/c1-9(11-2)8-10-6-4-3-5-7-10;3-1(4)2(5)6/h3-7,9,11H,8H2,1-2H3;(H,3,4)(H,5,6). The summed E-state index contributed by atoms with van der Waals surface area (Å²) in [5, 5.41) is 18.0. The summed E-state index contributed by atoms with van der Waals surface area (Å²) in [6.07, 6.45) is 1.11. The fraction of sp³-hybridized carbons (Fsp3) is 0.333. The molecule has 0 aliphatic heterocycles. The van der Waals surface area contributed by atoms with E-state index in [-0.39, 0.29) is 0 Å². The predicted octanol–water partition coefficient (Wildman–Crippen LogP) is 0.993. The lowest BCUT2D eigenvalue weighted by Crippen LogP contribution is -2.23. The molecule has 0 aromatic heterocycles. The smallest absolute Gasteiger partial charge is 0.414 e. The third-order valence-electron chi connectivity index (χ3n) is 2.06. The number of carboxylic acids is 2. The molecule has 3 N–H and O–H groups in total. The van der Waals surface area contributed by atoms with Crippen LogP contribution in [0.5, 0.6) is 0 Å². The molecule has 0 amide bonds. The van der Waals surface area contributed by atoms with Crippen LogP contribution in [-0.2, 0) is 16.0 Å². The van der Waals surface area contributed by atoms with E-state index in [1.54, 1.807) is 0 Å². The third kappa shape index (κ3) is 7.98. The van der Waals surface area contributed by atoms with Gasteiger partial charge >= 0.3 is 11.9 Å². The Morgan fingerprint density at radius 3 is 2.00 bits per heavy atom. The van der Waals surface area contributed by atoms with Crippen molar-refractivity contribution in [3.05, 3.63) is 35.9 Å². The Kier molecular flexibility index (Phi) is 7.38. The van der Waals surface area contributed by atoms with Crippen LogP contribution < -0.4 is 5.32 Å². The summed E-state index contributed by atoms with van der Waals surface area (Å²) in [4.78, 5) is 18.2. The number of rotatable bonds is 3. The van der Waals surface area contributed by atoms with Crippen molar-refractivity contribution in [3.8, 4) is 0 Å². The number of nitrogens with one attached hydrogen (secondary N) is 1. The maximum absolute atomic E-state index is 9.10. The van der Waals surface area contributed by atoms with Crippen molar-refractivity contribution in [2.75, 3.05) is 7.05 Å². The summed E-state index contributed by atoms with van der Waals surface area (Å²) in [5.41, 5.74) is 1.40. The molecule has 5 nitrogen and oxygen atoms in total. The molecular formula is C12H17NO4. The molecule has 0 saturated heterocycles. The number of aliphatic carboxylic acids is 2. The monoisotopic (exact) mass is 239 g/mol. The van der Waals surface area contributed by atoms with Gasteiger partial charge in [-0.25, -0.2) is 9.59 Å². The highest BCUT2D eigenvalue weighted by molar-refractivity contribution is 6.27. The number of carboxylic acid groups (broad SMARTS) is 2. The topological polar surface area (TPSA) is 86.6 Å². The Morgan fingerprint density at radius 2 is 1.65 bits per heavy atom. The minimum absolute atomic E-state index is 0.567. The summed E-state index contributed by atoms with van der Waals surface area (Å²) in [6.45, 7) is 2.19. The zero-order valence-corrected chi connectivity index (χ0v) is 9.88. The highest BCUT2D eigenvalue weighted by Crippen LogP contribution is 2.01. The first-order valence-electron chi connectivity index (χ1n) is 5.14. The Labute approximate surface area is 100 Å². The van der Waals surface area contributed by atoms with Crippen LogP contribution in [-0.4, -0.2) is 35.2 Å². The maximum Gasteiger partial charge on any atom is 0.414 e. The van der Waals surface area contributed by atoms with E-state index in [1.165, 1.54) is 5.56 Å². The van der Waals surface area contributed by atoms with Gasteiger partial charge in [0.1, 0.15) is 0 Å². The lowest BCUT2D eigenvalue weighted by atomic mass is 10.1. The predicted molar refractivity (Wildman–Crippen MR) is 63.9 cm³/mol. The second-order valence-electron chi connectivity index (χ2n) is 3.49. The van der Waals surface area contributed by atoms with Crippen LogP contribution in [0.4, 0.5) is 0 Å². The van der Waals surface area contributed by atoms with Crippen molar-refractivity contribution in [1.29, 1.82) is 0 Å². The van der Waals surface area contributed by atoms with E-state index in [0.717, 1.165) is 6.42 Å². The third-order valence-corrected chi connectivity index (χ3v) is 2.06. The molecule has 17 heavy (non-hydrogen) atoms. The van der Waals surface area contributed by atoms with Crippen LogP contribution in [0.2, 0.25) is 0 Å². The SMILES string of the molecule is CNC(C)Cc1ccccc1.O=C(O)C(=O)O. The quantitative estimate of drug-likeness (QED) is 0.685. The zero-order chi connectivity index (χ0) is 13.3. The normalized spacial score (nSPS) is 10.9. The summed E-state index contributed by atoms with van der Waals surface area (Å²) in [5.74, 6) is -3.65. The van der Waals surface area contributed by atoms with Crippen molar-refractivity contribution in [2.24, 2.45) is 0 Å². The molecule has 0 spiro atoms. The molecule has 0 heterocycles. The first-order valence-corrected chi connectivity index (χ1v) is 5.14. The summed E-state index contributed by atoms with van der Waals surface area (Å²) in [7, 11) is 1.99. The van der Waals surface area contributed by atoms with Crippen molar-refractivity contribution in [1.82, 2.24) is 5.32 Å². The van der Waals surface area contributed by atoms with Crippen molar-refractivity contribution < 1.29 is 19.8 Å². The lowest BCUT2D eigenvalue weighted by molar-refractivity contribution is -0.159. The lowest BCUT2D eigenvalue weighted by Gasteiger charge is -2.08. The number of hydrogen-bond donors (Lipinski definition) is 3. The number of hydrogen-bond acceptors (Lipinski definition) is 3. The van der Waals surface area contributed by atoms with E-state index < -0.39 is 11.9 Å². The molecule has 1 aromatic carbocycles. The summed E-state index contributed by atoms with van der Waals surface area (Å²) in [6, 6.07) is 11.1. The molecule has 0 saturated carbocycles. The molecule has 0 radical (unpaired) electrons. The molecule has 0 aliphatic carbocycles. The minimum atomic E-state index is -1.82. The molecule has 1 atom stereocenters. The van der Waals surface area contributed by atoms with E-state index in [0.29, 0.717) is 6.04 Å². The number of likely N-dealkylation sites (N-methyl/N-ethyl adjacent to an activating group) is 1. The van der Waals surface area contributed by atoms with E-state index in [4.69, 9.17) is 19.8 Å². The van der Waals surface area contributed by atoms with Gasteiger partial charge in [-0.15, -0.1) is 0 Å².